The lowest BCUT2D eigenvalue weighted by molar-refractivity contribution is -0.137. The van der Waals surface area contributed by atoms with E-state index < -0.39 is 11.7 Å². The van der Waals surface area contributed by atoms with Crippen LogP contribution < -0.4 is 16.0 Å². The summed E-state index contributed by atoms with van der Waals surface area (Å²) >= 11 is 0. The summed E-state index contributed by atoms with van der Waals surface area (Å²) in [6.45, 7) is 3.42. The van der Waals surface area contributed by atoms with Gasteiger partial charge in [-0.1, -0.05) is 0 Å². The Hall–Kier alpha value is -2.55. The Morgan fingerprint density at radius 2 is 1.68 bits per heavy atom. The highest BCUT2D eigenvalue weighted by Gasteiger charge is 2.30. The Balaban J connectivity index is 1.78. The van der Waals surface area contributed by atoms with Crippen molar-refractivity contribution in [3.8, 4) is 0 Å². The third-order valence-electron chi connectivity index (χ3n) is 4.14. The van der Waals surface area contributed by atoms with Gasteiger partial charge in [0.15, 0.2) is 11.6 Å². The van der Waals surface area contributed by atoms with Crippen LogP contribution in [0.1, 0.15) is 5.56 Å². The number of nitrogens with zero attached hydrogens (tertiary/aromatic N) is 4. The molecule has 1 aromatic carbocycles. The predicted octanol–water partition coefficient (Wildman–Crippen LogP) is 2.57. The summed E-state index contributed by atoms with van der Waals surface area (Å²) in [4.78, 5) is 12.7. The number of hydrogen-bond donors (Lipinski definition) is 2. The van der Waals surface area contributed by atoms with E-state index in [9.17, 15) is 13.2 Å². The summed E-state index contributed by atoms with van der Waals surface area (Å²) in [7, 11) is 2.05. The number of aromatic nitrogens is 2. The molecule has 0 amide bonds. The second-order valence-corrected chi connectivity index (χ2v) is 5.95. The smallest absolute Gasteiger partial charge is 0.393 e. The Bertz CT molecular complexity index is 724. The van der Waals surface area contributed by atoms with Crippen LogP contribution in [0.3, 0.4) is 0 Å². The normalized spacial score (nSPS) is 16.1. The molecule has 2 heterocycles. The fourth-order valence-electron chi connectivity index (χ4n) is 2.64. The molecule has 134 valence electrons. The van der Waals surface area contributed by atoms with E-state index in [0.29, 0.717) is 23.0 Å². The third-order valence-corrected chi connectivity index (χ3v) is 4.14. The number of nitrogen functional groups attached to an aromatic ring is 1. The summed E-state index contributed by atoms with van der Waals surface area (Å²) < 4.78 is 37.9. The summed E-state index contributed by atoms with van der Waals surface area (Å²) in [5.41, 5.74) is 6.33. The number of benzene rings is 1. The van der Waals surface area contributed by atoms with Crippen molar-refractivity contribution >= 4 is 23.0 Å². The molecule has 2 aromatic rings. The zero-order valence-electron chi connectivity index (χ0n) is 13.7. The average molecular weight is 352 g/mol. The van der Waals surface area contributed by atoms with Crippen LogP contribution in [0.5, 0.6) is 0 Å². The van der Waals surface area contributed by atoms with Gasteiger partial charge in [0, 0.05) is 31.9 Å². The number of rotatable bonds is 3. The van der Waals surface area contributed by atoms with E-state index in [1.807, 2.05) is 0 Å². The van der Waals surface area contributed by atoms with Crippen LogP contribution in [-0.2, 0) is 6.18 Å². The predicted molar refractivity (Wildman–Crippen MR) is 90.9 cm³/mol. The molecule has 1 saturated heterocycles. The monoisotopic (exact) mass is 352 g/mol. The molecule has 1 aliphatic heterocycles. The fourth-order valence-corrected chi connectivity index (χ4v) is 2.64. The van der Waals surface area contributed by atoms with Crippen LogP contribution in [0.25, 0.3) is 0 Å². The molecule has 3 rings (SSSR count). The first-order chi connectivity index (χ1) is 11.8. The second-order valence-electron chi connectivity index (χ2n) is 5.95. The highest BCUT2D eigenvalue weighted by atomic mass is 19.4. The lowest BCUT2D eigenvalue weighted by Crippen LogP contribution is -2.45. The zero-order chi connectivity index (χ0) is 18.0. The summed E-state index contributed by atoms with van der Waals surface area (Å²) in [5, 5.41) is 2.96. The van der Waals surface area contributed by atoms with Crippen molar-refractivity contribution in [2.75, 3.05) is 49.2 Å². The molecule has 0 aliphatic carbocycles. The van der Waals surface area contributed by atoms with E-state index in [0.717, 1.165) is 38.3 Å². The van der Waals surface area contributed by atoms with E-state index in [1.165, 1.54) is 18.5 Å². The van der Waals surface area contributed by atoms with Gasteiger partial charge >= 0.3 is 6.18 Å². The third kappa shape index (κ3) is 3.93. The molecule has 0 spiro atoms. The molecule has 0 saturated carbocycles. The van der Waals surface area contributed by atoms with Crippen LogP contribution in [-0.4, -0.2) is 48.1 Å². The quantitative estimate of drug-likeness (QED) is 0.885. The largest absolute Gasteiger partial charge is 0.416 e. The van der Waals surface area contributed by atoms with Crippen molar-refractivity contribution in [1.29, 1.82) is 0 Å². The van der Waals surface area contributed by atoms with Crippen molar-refractivity contribution < 1.29 is 13.2 Å². The van der Waals surface area contributed by atoms with Crippen molar-refractivity contribution in [1.82, 2.24) is 14.9 Å². The molecule has 0 atom stereocenters. The average Bonchev–Trinajstić information content (AvgIpc) is 2.57. The fraction of sp³-hybridized carbons (Fsp3) is 0.375. The molecule has 0 unspecified atom stereocenters. The topological polar surface area (TPSA) is 70.3 Å². The number of anilines is 4. The van der Waals surface area contributed by atoms with E-state index in [2.05, 4.69) is 32.1 Å². The van der Waals surface area contributed by atoms with Gasteiger partial charge < -0.3 is 20.9 Å². The molecular formula is C16H19F3N6. The van der Waals surface area contributed by atoms with E-state index >= 15 is 0 Å². The maximum atomic E-state index is 12.6. The molecule has 1 aromatic heterocycles. The highest BCUT2D eigenvalue weighted by Crippen LogP contribution is 2.32. The number of halogens is 3. The number of piperazine rings is 1. The minimum absolute atomic E-state index is 0.378. The molecule has 6 nitrogen and oxygen atoms in total. The number of nitrogens with two attached hydrogens (primary N) is 1. The molecule has 9 heteroatoms. The van der Waals surface area contributed by atoms with Gasteiger partial charge in [0.25, 0.3) is 0 Å². The summed E-state index contributed by atoms with van der Waals surface area (Å²) in [6.07, 6.45) is -2.96. The number of alkyl halides is 3. The first kappa shape index (κ1) is 17.3. The van der Waals surface area contributed by atoms with Gasteiger partial charge in [-0.15, -0.1) is 0 Å². The lowest BCUT2D eigenvalue weighted by atomic mass is 10.2. The van der Waals surface area contributed by atoms with Gasteiger partial charge in [-0.25, -0.2) is 9.97 Å². The van der Waals surface area contributed by atoms with Crippen LogP contribution in [0.15, 0.2) is 30.6 Å². The Morgan fingerprint density at radius 1 is 1.04 bits per heavy atom. The number of nitrogens with one attached hydrogen (secondary N) is 1. The van der Waals surface area contributed by atoms with Gasteiger partial charge in [0.2, 0.25) is 0 Å². The van der Waals surface area contributed by atoms with Crippen LogP contribution in [0.2, 0.25) is 0 Å². The Morgan fingerprint density at radius 3 is 2.28 bits per heavy atom. The van der Waals surface area contributed by atoms with Gasteiger partial charge in [-0.2, -0.15) is 13.2 Å². The van der Waals surface area contributed by atoms with Gasteiger partial charge in [0.1, 0.15) is 12.0 Å². The van der Waals surface area contributed by atoms with Crippen LogP contribution in [0, 0.1) is 0 Å². The van der Waals surface area contributed by atoms with Crippen molar-refractivity contribution in [2.45, 2.75) is 6.18 Å². The molecule has 0 radical (unpaired) electrons. The number of likely N-dealkylation sites (N-methyl/N-ethyl adjacent to an activating group) is 1. The Kier molecular flexibility index (Phi) is 4.67. The highest BCUT2D eigenvalue weighted by molar-refractivity contribution is 5.78. The maximum Gasteiger partial charge on any atom is 0.416 e. The zero-order valence-corrected chi connectivity index (χ0v) is 13.7. The molecule has 0 bridgehead atoms. The molecule has 25 heavy (non-hydrogen) atoms. The summed E-state index contributed by atoms with van der Waals surface area (Å²) in [5.74, 6) is 1.01. The van der Waals surface area contributed by atoms with Crippen LogP contribution >= 0.6 is 0 Å². The van der Waals surface area contributed by atoms with E-state index in [-0.39, 0.29) is 0 Å². The standard InChI is InChI=1S/C16H19F3N6/c1-24-6-8-25(9-7-24)15-13(20)14(21-10-22-15)23-12-4-2-11(3-5-12)16(17,18)19/h2-5,10H,6-9,20H2,1H3,(H,21,22,23). The molecule has 1 aliphatic rings. The van der Waals surface area contributed by atoms with Gasteiger partial charge in [0.05, 0.1) is 5.56 Å². The maximum absolute atomic E-state index is 12.6. The van der Waals surface area contributed by atoms with Gasteiger partial charge in [-0.05, 0) is 31.3 Å². The van der Waals surface area contributed by atoms with Crippen molar-refractivity contribution in [3.63, 3.8) is 0 Å². The molecular weight excluding hydrogens is 333 g/mol. The summed E-state index contributed by atoms with van der Waals surface area (Å²) in [6, 6.07) is 4.72. The Labute approximate surface area is 143 Å². The molecule has 1 fully saturated rings. The van der Waals surface area contributed by atoms with E-state index in [4.69, 9.17) is 5.73 Å². The first-order valence-corrected chi connectivity index (χ1v) is 7.83. The first-order valence-electron chi connectivity index (χ1n) is 7.83. The minimum atomic E-state index is -4.36. The SMILES string of the molecule is CN1CCN(c2ncnc(Nc3ccc(C(F)(F)F)cc3)c2N)CC1. The second kappa shape index (κ2) is 6.75. The lowest BCUT2D eigenvalue weighted by Gasteiger charge is -2.33. The van der Waals surface area contributed by atoms with Crippen molar-refractivity contribution in [2.24, 2.45) is 0 Å². The van der Waals surface area contributed by atoms with E-state index in [1.54, 1.807) is 0 Å². The van der Waals surface area contributed by atoms with Gasteiger partial charge in [-0.3, -0.25) is 0 Å². The number of hydrogen-bond acceptors (Lipinski definition) is 6. The van der Waals surface area contributed by atoms with Crippen LogP contribution in [0.4, 0.5) is 36.2 Å². The minimum Gasteiger partial charge on any atom is -0.393 e. The van der Waals surface area contributed by atoms with Crippen molar-refractivity contribution in [3.05, 3.63) is 36.2 Å². The molecule has 3 N–H and O–H groups in total.